The van der Waals surface area contributed by atoms with E-state index < -0.39 is 0 Å². The Morgan fingerprint density at radius 2 is 1.70 bits per heavy atom. The number of rotatable bonds is 6. The summed E-state index contributed by atoms with van der Waals surface area (Å²) in [5, 5.41) is 3.09. The minimum absolute atomic E-state index is 0.0870. The molecule has 2 aliphatic heterocycles. The van der Waals surface area contributed by atoms with Crippen LogP contribution in [0.3, 0.4) is 0 Å². The number of nitrogens with one attached hydrogen (secondary N) is 1. The average Bonchev–Trinajstić information content (AvgIpc) is 3.02. The van der Waals surface area contributed by atoms with E-state index in [0.717, 1.165) is 38.3 Å². The van der Waals surface area contributed by atoms with E-state index in [4.69, 9.17) is 0 Å². The predicted molar refractivity (Wildman–Crippen MR) is 108 cm³/mol. The lowest BCUT2D eigenvalue weighted by atomic mass is 9.96. The standard InChI is InChI=1S/C22H39N3O2/c1-18-10-14-24(15-11-18)13-7-12-23-22(27)19-16-21(26)25(17-19)20-8-5-3-2-4-6-9-20/h18-20H,2-17H2,1H3,(H,23,27). The monoisotopic (exact) mass is 377 g/mol. The summed E-state index contributed by atoms with van der Waals surface area (Å²) in [4.78, 5) is 29.6. The molecule has 2 heterocycles. The number of nitrogens with zero attached hydrogens (tertiary/aromatic N) is 2. The summed E-state index contributed by atoms with van der Waals surface area (Å²) in [5.74, 6) is 1.01. The Kier molecular flexibility index (Phi) is 7.98. The SMILES string of the molecule is CC1CCN(CCCNC(=O)C2CC(=O)N(C3CCCCCCC3)C2)CC1. The van der Waals surface area contributed by atoms with Gasteiger partial charge in [-0.2, -0.15) is 0 Å². The van der Waals surface area contributed by atoms with Crippen LogP contribution in [0, 0.1) is 11.8 Å². The third kappa shape index (κ3) is 6.20. The molecule has 0 spiro atoms. The Morgan fingerprint density at radius 1 is 1.04 bits per heavy atom. The summed E-state index contributed by atoms with van der Waals surface area (Å²) < 4.78 is 0. The molecule has 0 bridgehead atoms. The molecule has 27 heavy (non-hydrogen) atoms. The zero-order valence-corrected chi connectivity index (χ0v) is 17.3. The molecule has 3 fully saturated rings. The smallest absolute Gasteiger partial charge is 0.225 e. The highest BCUT2D eigenvalue weighted by Crippen LogP contribution is 2.27. The van der Waals surface area contributed by atoms with E-state index in [1.165, 1.54) is 58.0 Å². The van der Waals surface area contributed by atoms with Gasteiger partial charge >= 0.3 is 0 Å². The van der Waals surface area contributed by atoms with Gasteiger partial charge in [0.05, 0.1) is 5.92 Å². The summed E-state index contributed by atoms with van der Waals surface area (Å²) in [7, 11) is 0. The normalized spacial score (nSPS) is 26.8. The minimum atomic E-state index is -0.140. The summed E-state index contributed by atoms with van der Waals surface area (Å²) >= 11 is 0. The van der Waals surface area contributed by atoms with Gasteiger partial charge in [-0.1, -0.05) is 39.0 Å². The largest absolute Gasteiger partial charge is 0.356 e. The first-order valence-corrected chi connectivity index (χ1v) is 11.4. The number of carbonyl (C=O) groups excluding carboxylic acids is 2. The highest BCUT2D eigenvalue weighted by atomic mass is 16.2. The topological polar surface area (TPSA) is 52.7 Å². The second kappa shape index (κ2) is 10.4. The van der Waals surface area contributed by atoms with Crippen LogP contribution in [0.5, 0.6) is 0 Å². The molecule has 154 valence electrons. The highest BCUT2D eigenvalue weighted by molar-refractivity contribution is 5.89. The first kappa shape index (κ1) is 20.6. The lowest BCUT2D eigenvalue weighted by molar-refractivity contribution is -0.130. The van der Waals surface area contributed by atoms with Gasteiger partial charge in [0.15, 0.2) is 0 Å². The Labute approximate surface area is 165 Å². The van der Waals surface area contributed by atoms with Crippen LogP contribution in [-0.4, -0.2) is 60.4 Å². The van der Waals surface area contributed by atoms with Crippen LogP contribution in [-0.2, 0) is 9.59 Å². The molecule has 1 N–H and O–H groups in total. The zero-order valence-electron chi connectivity index (χ0n) is 17.3. The van der Waals surface area contributed by atoms with Gasteiger partial charge < -0.3 is 15.1 Å². The number of likely N-dealkylation sites (tertiary alicyclic amines) is 2. The van der Waals surface area contributed by atoms with Gasteiger partial charge in [0, 0.05) is 25.6 Å². The molecular formula is C22H39N3O2. The zero-order chi connectivity index (χ0) is 19.1. The lowest BCUT2D eigenvalue weighted by Gasteiger charge is -2.30. The van der Waals surface area contributed by atoms with Crippen LogP contribution in [0.2, 0.25) is 0 Å². The Morgan fingerprint density at radius 3 is 2.41 bits per heavy atom. The number of hydrogen-bond donors (Lipinski definition) is 1. The van der Waals surface area contributed by atoms with Crippen molar-refractivity contribution in [3.63, 3.8) is 0 Å². The van der Waals surface area contributed by atoms with Crippen LogP contribution in [0.1, 0.15) is 77.6 Å². The third-order valence-electron chi connectivity index (χ3n) is 6.87. The summed E-state index contributed by atoms with van der Waals surface area (Å²) in [6.07, 6.45) is 12.6. The fourth-order valence-corrected chi connectivity index (χ4v) is 4.95. The molecular weight excluding hydrogens is 338 g/mol. The first-order chi connectivity index (χ1) is 13.1. The average molecular weight is 378 g/mol. The van der Waals surface area contributed by atoms with Gasteiger partial charge in [0.1, 0.15) is 0 Å². The van der Waals surface area contributed by atoms with Crippen LogP contribution in [0.4, 0.5) is 0 Å². The van der Waals surface area contributed by atoms with Crippen molar-refractivity contribution in [2.24, 2.45) is 11.8 Å². The van der Waals surface area contributed by atoms with Crippen molar-refractivity contribution in [2.75, 3.05) is 32.7 Å². The molecule has 1 unspecified atom stereocenters. The van der Waals surface area contributed by atoms with Crippen LogP contribution in [0.15, 0.2) is 0 Å². The predicted octanol–water partition coefficient (Wildman–Crippen LogP) is 3.19. The van der Waals surface area contributed by atoms with Gasteiger partial charge in [-0.05, 0) is 57.7 Å². The van der Waals surface area contributed by atoms with Crippen molar-refractivity contribution in [3.8, 4) is 0 Å². The van der Waals surface area contributed by atoms with Crippen molar-refractivity contribution in [1.29, 1.82) is 0 Å². The van der Waals surface area contributed by atoms with Crippen LogP contribution < -0.4 is 5.32 Å². The van der Waals surface area contributed by atoms with Crippen molar-refractivity contribution >= 4 is 11.8 Å². The van der Waals surface area contributed by atoms with E-state index in [1.54, 1.807) is 0 Å². The fraction of sp³-hybridized carbons (Fsp3) is 0.909. The Balaban J connectivity index is 1.35. The number of carbonyl (C=O) groups is 2. The Bertz CT molecular complexity index is 480. The maximum atomic E-state index is 12.5. The molecule has 2 saturated heterocycles. The quantitative estimate of drug-likeness (QED) is 0.723. The number of amides is 2. The van der Waals surface area contributed by atoms with Gasteiger partial charge in [-0.25, -0.2) is 0 Å². The van der Waals surface area contributed by atoms with Crippen molar-refractivity contribution in [2.45, 2.75) is 83.6 Å². The van der Waals surface area contributed by atoms with E-state index in [0.29, 0.717) is 19.0 Å². The molecule has 3 rings (SSSR count). The molecule has 1 saturated carbocycles. The Hall–Kier alpha value is -1.10. The molecule has 0 aromatic rings. The van der Waals surface area contributed by atoms with Gasteiger partial charge in [0.25, 0.3) is 0 Å². The molecule has 3 aliphatic rings. The maximum absolute atomic E-state index is 12.5. The molecule has 5 nitrogen and oxygen atoms in total. The third-order valence-corrected chi connectivity index (χ3v) is 6.87. The molecule has 1 atom stereocenters. The summed E-state index contributed by atoms with van der Waals surface area (Å²) in [5.41, 5.74) is 0. The van der Waals surface area contributed by atoms with E-state index in [9.17, 15) is 9.59 Å². The van der Waals surface area contributed by atoms with Crippen molar-refractivity contribution in [3.05, 3.63) is 0 Å². The van der Waals surface area contributed by atoms with Gasteiger partial charge in [-0.3, -0.25) is 9.59 Å². The maximum Gasteiger partial charge on any atom is 0.225 e. The second-order valence-corrected chi connectivity index (χ2v) is 9.11. The summed E-state index contributed by atoms with van der Waals surface area (Å²) in [6, 6.07) is 0.372. The first-order valence-electron chi connectivity index (χ1n) is 11.4. The number of hydrogen-bond acceptors (Lipinski definition) is 3. The second-order valence-electron chi connectivity index (χ2n) is 9.11. The van der Waals surface area contributed by atoms with E-state index in [1.807, 2.05) is 4.90 Å². The van der Waals surface area contributed by atoms with E-state index in [2.05, 4.69) is 17.1 Å². The minimum Gasteiger partial charge on any atom is -0.356 e. The van der Waals surface area contributed by atoms with Gasteiger partial charge in [0.2, 0.25) is 11.8 Å². The van der Waals surface area contributed by atoms with Crippen LogP contribution >= 0.6 is 0 Å². The fourth-order valence-electron chi connectivity index (χ4n) is 4.95. The summed E-state index contributed by atoms with van der Waals surface area (Å²) in [6.45, 7) is 7.18. The van der Waals surface area contributed by atoms with Crippen LogP contribution in [0.25, 0.3) is 0 Å². The van der Waals surface area contributed by atoms with E-state index in [-0.39, 0.29) is 17.7 Å². The van der Waals surface area contributed by atoms with Crippen molar-refractivity contribution in [1.82, 2.24) is 15.1 Å². The molecule has 0 aromatic carbocycles. The van der Waals surface area contributed by atoms with E-state index >= 15 is 0 Å². The molecule has 5 heteroatoms. The molecule has 0 radical (unpaired) electrons. The van der Waals surface area contributed by atoms with Gasteiger partial charge in [-0.15, -0.1) is 0 Å². The molecule has 0 aromatic heterocycles. The highest BCUT2D eigenvalue weighted by Gasteiger charge is 2.37. The van der Waals surface area contributed by atoms with Crippen molar-refractivity contribution < 1.29 is 9.59 Å². The molecule has 2 amide bonds. The lowest BCUT2D eigenvalue weighted by Crippen LogP contribution is -2.39. The number of piperidine rings is 1. The molecule has 1 aliphatic carbocycles.